The van der Waals surface area contributed by atoms with Crippen LogP contribution in [0.3, 0.4) is 0 Å². The van der Waals surface area contributed by atoms with Gasteiger partial charge < -0.3 is 28.9 Å². The molecule has 2 atom stereocenters. The van der Waals surface area contributed by atoms with E-state index >= 15 is 0 Å². The van der Waals surface area contributed by atoms with Crippen molar-refractivity contribution in [2.24, 2.45) is 0 Å². The Hall–Kier alpha value is -1.22. The highest BCUT2D eigenvalue weighted by atomic mass is 16.7. The van der Waals surface area contributed by atoms with E-state index in [1.54, 1.807) is 0 Å². The SMILES string of the molecule is CCCCCCCCCCCCCCCCCCCCCCCCCCC(=O)OCC(O)COC(OCC[N+](C)(C)C)C(=O)O. The van der Waals surface area contributed by atoms with Crippen LogP contribution in [-0.4, -0.2) is 86.5 Å². The number of quaternary nitrogens is 1. The van der Waals surface area contributed by atoms with E-state index in [-0.39, 0.29) is 25.8 Å². The fraction of sp³-hybridized carbons (Fsp3) is 0.946. The van der Waals surface area contributed by atoms with Gasteiger partial charge in [0.05, 0.1) is 34.4 Å². The molecule has 8 heteroatoms. The zero-order valence-electron chi connectivity index (χ0n) is 30.0. The number of carbonyl (C=O) groups is 2. The van der Waals surface area contributed by atoms with Crippen LogP contribution in [0.4, 0.5) is 0 Å². The molecule has 0 heterocycles. The molecule has 0 radical (unpaired) electrons. The van der Waals surface area contributed by atoms with Gasteiger partial charge in [0, 0.05) is 6.42 Å². The molecule has 0 fully saturated rings. The number of aliphatic hydroxyl groups is 1. The summed E-state index contributed by atoms with van der Waals surface area (Å²) in [6, 6.07) is 0. The van der Waals surface area contributed by atoms with Crippen LogP contribution < -0.4 is 0 Å². The number of aliphatic carboxylic acids is 1. The molecule has 0 aliphatic carbocycles. The highest BCUT2D eigenvalue weighted by Crippen LogP contribution is 2.16. The summed E-state index contributed by atoms with van der Waals surface area (Å²) < 4.78 is 16.2. The largest absolute Gasteiger partial charge is 0.477 e. The summed E-state index contributed by atoms with van der Waals surface area (Å²) in [5.41, 5.74) is 0. The lowest BCUT2D eigenvalue weighted by Gasteiger charge is -2.24. The Bertz CT molecular complexity index is 668. The second kappa shape index (κ2) is 31.4. The Labute approximate surface area is 277 Å². The molecule has 2 N–H and O–H groups in total. The van der Waals surface area contributed by atoms with Crippen LogP contribution in [0, 0.1) is 0 Å². The fourth-order valence-electron chi connectivity index (χ4n) is 5.36. The quantitative estimate of drug-likeness (QED) is 0.0308. The van der Waals surface area contributed by atoms with E-state index < -0.39 is 18.4 Å². The van der Waals surface area contributed by atoms with Crippen LogP contribution in [0.1, 0.15) is 167 Å². The normalized spacial score (nSPS) is 13.2. The second-order valence-corrected chi connectivity index (χ2v) is 14.1. The van der Waals surface area contributed by atoms with Gasteiger partial charge in [0.2, 0.25) is 0 Å². The molecule has 0 aromatic carbocycles. The van der Waals surface area contributed by atoms with Crippen LogP contribution >= 0.6 is 0 Å². The van der Waals surface area contributed by atoms with Crippen LogP contribution in [0.15, 0.2) is 0 Å². The van der Waals surface area contributed by atoms with Crippen molar-refractivity contribution < 1.29 is 38.5 Å². The lowest BCUT2D eigenvalue weighted by Crippen LogP contribution is -2.40. The Morgan fingerprint density at radius 1 is 0.578 bits per heavy atom. The first-order valence-electron chi connectivity index (χ1n) is 18.8. The molecule has 45 heavy (non-hydrogen) atoms. The minimum Gasteiger partial charge on any atom is -0.477 e. The number of hydrogen-bond donors (Lipinski definition) is 2. The smallest absolute Gasteiger partial charge is 0.361 e. The molecular formula is C37H74NO7+. The first-order valence-corrected chi connectivity index (χ1v) is 18.8. The summed E-state index contributed by atoms with van der Waals surface area (Å²) >= 11 is 0. The zero-order chi connectivity index (χ0) is 33.4. The summed E-state index contributed by atoms with van der Waals surface area (Å²) in [7, 11) is 5.92. The molecule has 0 spiro atoms. The van der Waals surface area contributed by atoms with E-state index in [0.717, 1.165) is 19.3 Å². The van der Waals surface area contributed by atoms with Gasteiger partial charge in [-0.05, 0) is 6.42 Å². The summed E-state index contributed by atoms with van der Waals surface area (Å²) in [4.78, 5) is 23.2. The number of ether oxygens (including phenoxy) is 3. The lowest BCUT2D eigenvalue weighted by atomic mass is 10.0. The summed E-state index contributed by atoms with van der Waals surface area (Å²) in [6.07, 6.45) is 30.0. The van der Waals surface area contributed by atoms with E-state index in [4.69, 9.17) is 14.2 Å². The molecule has 0 aliphatic rings. The number of carboxylic acid groups (broad SMARTS) is 1. The molecule has 0 aromatic rings. The standard InChI is InChI=1S/C37H73NO7/c1-5-6-7-8-9-10-11-12-13-14-15-16-17-18-19-20-21-22-23-24-25-26-27-28-29-35(40)44-32-34(39)33-45-37(36(41)42)43-31-30-38(2,3)4/h34,37,39H,5-33H2,1-4H3/p+1. The van der Waals surface area contributed by atoms with Crippen molar-refractivity contribution in [3.8, 4) is 0 Å². The number of carboxylic acids is 1. The minimum atomic E-state index is -1.46. The van der Waals surface area contributed by atoms with Crippen molar-refractivity contribution in [3.05, 3.63) is 0 Å². The molecular weight excluding hydrogens is 570 g/mol. The van der Waals surface area contributed by atoms with Gasteiger partial charge in [0.15, 0.2) is 0 Å². The van der Waals surface area contributed by atoms with Crippen molar-refractivity contribution in [3.63, 3.8) is 0 Å². The third-order valence-corrected chi connectivity index (χ3v) is 8.34. The number of esters is 1. The molecule has 0 aliphatic heterocycles. The summed E-state index contributed by atoms with van der Waals surface area (Å²) in [5, 5.41) is 19.2. The van der Waals surface area contributed by atoms with E-state index in [1.807, 2.05) is 21.1 Å². The van der Waals surface area contributed by atoms with Crippen LogP contribution in [0.25, 0.3) is 0 Å². The molecule has 0 aromatic heterocycles. The van der Waals surface area contributed by atoms with Crippen molar-refractivity contribution >= 4 is 11.9 Å². The maximum atomic E-state index is 12.0. The van der Waals surface area contributed by atoms with Gasteiger partial charge in [0.1, 0.15) is 19.3 Å². The van der Waals surface area contributed by atoms with Crippen molar-refractivity contribution in [1.82, 2.24) is 0 Å². The third kappa shape index (κ3) is 33.9. The topological polar surface area (TPSA) is 102 Å². The number of rotatable bonds is 35. The van der Waals surface area contributed by atoms with E-state index in [0.29, 0.717) is 17.4 Å². The third-order valence-electron chi connectivity index (χ3n) is 8.34. The first-order chi connectivity index (χ1) is 21.7. The molecule has 0 bridgehead atoms. The predicted octanol–water partition coefficient (Wildman–Crippen LogP) is 8.81. The van der Waals surface area contributed by atoms with E-state index in [2.05, 4.69) is 6.92 Å². The second-order valence-electron chi connectivity index (χ2n) is 14.1. The number of carbonyl (C=O) groups excluding carboxylic acids is 1. The van der Waals surface area contributed by atoms with Crippen LogP contribution in [0.2, 0.25) is 0 Å². The Balaban J connectivity index is 3.43. The van der Waals surface area contributed by atoms with Gasteiger partial charge in [-0.25, -0.2) is 4.79 Å². The minimum absolute atomic E-state index is 0.213. The van der Waals surface area contributed by atoms with E-state index in [1.165, 1.54) is 135 Å². The fourth-order valence-corrected chi connectivity index (χ4v) is 5.36. The van der Waals surface area contributed by atoms with Gasteiger partial charge in [-0.3, -0.25) is 4.79 Å². The Morgan fingerprint density at radius 3 is 1.31 bits per heavy atom. The highest BCUT2D eigenvalue weighted by Gasteiger charge is 2.22. The molecule has 2 unspecified atom stereocenters. The molecule has 0 saturated heterocycles. The maximum absolute atomic E-state index is 12.0. The van der Waals surface area contributed by atoms with Crippen LogP contribution in [0.5, 0.6) is 0 Å². The average Bonchev–Trinajstić information content (AvgIpc) is 2.99. The molecule has 0 saturated carbocycles. The van der Waals surface area contributed by atoms with Gasteiger partial charge >= 0.3 is 11.9 Å². The van der Waals surface area contributed by atoms with Crippen molar-refractivity contribution in [2.45, 2.75) is 180 Å². The molecule has 268 valence electrons. The van der Waals surface area contributed by atoms with E-state index in [9.17, 15) is 19.8 Å². The zero-order valence-corrected chi connectivity index (χ0v) is 30.0. The van der Waals surface area contributed by atoms with Gasteiger partial charge in [-0.2, -0.15) is 0 Å². The first kappa shape index (κ1) is 43.8. The monoisotopic (exact) mass is 645 g/mol. The molecule has 0 amide bonds. The maximum Gasteiger partial charge on any atom is 0.361 e. The number of hydrogen-bond acceptors (Lipinski definition) is 6. The van der Waals surface area contributed by atoms with Crippen molar-refractivity contribution in [2.75, 3.05) is 47.5 Å². The highest BCUT2D eigenvalue weighted by molar-refractivity contribution is 5.70. The molecule has 8 nitrogen and oxygen atoms in total. The number of unbranched alkanes of at least 4 members (excludes halogenated alkanes) is 23. The number of nitrogens with zero attached hydrogens (tertiary/aromatic N) is 1. The summed E-state index contributed by atoms with van der Waals surface area (Å²) in [6.45, 7) is 2.61. The van der Waals surface area contributed by atoms with Crippen molar-refractivity contribution in [1.29, 1.82) is 0 Å². The van der Waals surface area contributed by atoms with Crippen LogP contribution in [-0.2, 0) is 23.8 Å². The number of aliphatic hydroxyl groups excluding tert-OH is 1. The average molecular weight is 645 g/mol. The van der Waals surface area contributed by atoms with Gasteiger partial charge in [0.25, 0.3) is 6.29 Å². The Morgan fingerprint density at radius 2 is 0.956 bits per heavy atom. The van der Waals surface area contributed by atoms with Gasteiger partial charge in [-0.15, -0.1) is 0 Å². The number of likely N-dealkylation sites (N-methyl/N-ethyl adjacent to an activating group) is 1. The summed E-state index contributed by atoms with van der Waals surface area (Å²) in [5.74, 6) is -1.60. The molecule has 0 rings (SSSR count). The van der Waals surface area contributed by atoms with Gasteiger partial charge in [-0.1, -0.05) is 155 Å². The lowest BCUT2D eigenvalue weighted by molar-refractivity contribution is -0.870. The Kier molecular flexibility index (Phi) is 30.5. The predicted molar refractivity (Wildman–Crippen MR) is 184 cm³/mol.